The van der Waals surface area contributed by atoms with E-state index in [4.69, 9.17) is 0 Å². The largest absolute Gasteiger partial charge is 0.0776 e. The molecule has 0 bridgehead atoms. The Morgan fingerprint density at radius 3 is 1.00 bits per heavy atom. The second kappa shape index (κ2) is 28.3. The van der Waals surface area contributed by atoms with Gasteiger partial charge in [0.25, 0.3) is 0 Å². The van der Waals surface area contributed by atoms with Crippen molar-refractivity contribution in [2.45, 2.75) is 7.43 Å². The maximum atomic E-state index is 0. The summed E-state index contributed by atoms with van der Waals surface area (Å²) in [5.41, 5.74) is 0. The van der Waals surface area contributed by atoms with Crippen molar-refractivity contribution in [3.05, 3.63) is 0 Å². The van der Waals surface area contributed by atoms with Crippen molar-refractivity contribution in [1.82, 2.24) is 0 Å². The van der Waals surface area contributed by atoms with Gasteiger partial charge in [-0.25, -0.2) is 0 Å². The van der Waals surface area contributed by atoms with Gasteiger partial charge in [0.2, 0.25) is 0 Å². The Labute approximate surface area is 53.0 Å². The molecule has 0 aliphatic carbocycles. The van der Waals surface area contributed by atoms with Crippen LogP contribution in [0.1, 0.15) is 7.43 Å². The number of hydrogen-bond acceptors (Lipinski definition) is 0. The first-order valence-corrected chi connectivity index (χ1v) is 0. The van der Waals surface area contributed by atoms with Crippen molar-refractivity contribution in [3.8, 4) is 0 Å². The molecular formula is CH4CrFeSi. The van der Waals surface area contributed by atoms with Crippen molar-refractivity contribution >= 4 is 11.0 Å². The van der Waals surface area contributed by atoms with Gasteiger partial charge in [0.05, 0.1) is 0 Å². The van der Waals surface area contributed by atoms with Gasteiger partial charge in [0.1, 0.15) is 0 Å². The average molecular weight is 152 g/mol. The third-order valence-electron chi connectivity index (χ3n) is 0. The van der Waals surface area contributed by atoms with E-state index in [0.717, 1.165) is 0 Å². The second-order valence-corrected chi connectivity index (χ2v) is 0. The molecule has 0 amide bonds. The smallest absolute Gasteiger partial charge is 0 e. The van der Waals surface area contributed by atoms with E-state index in [-0.39, 0.29) is 52.8 Å². The summed E-state index contributed by atoms with van der Waals surface area (Å²) >= 11 is 0. The Balaban J connectivity index is 0. The molecule has 0 saturated heterocycles. The maximum absolute atomic E-state index is 0. The molecule has 0 aromatic rings. The summed E-state index contributed by atoms with van der Waals surface area (Å²) in [6.07, 6.45) is 0. The van der Waals surface area contributed by atoms with Gasteiger partial charge >= 0.3 is 0 Å². The van der Waals surface area contributed by atoms with Gasteiger partial charge < -0.3 is 0 Å². The van der Waals surface area contributed by atoms with Crippen molar-refractivity contribution < 1.29 is 34.4 Å². The molecule has 4 radical (unpaired) electrons. The van der Waals surface area contributed by atoms with E-state index < -0.39 is 0 Å². The summed E-state index contributed by atoms with van der Waals surface area (Å²) in [4.78, 5) is 0. The van der Waals surface area contributed by atoms with Crippen LogP contribution < -0.4 is 0 Å². The molecular weight excluding hydrogens is 148 g/mol. The molecule has 0 rings (SSSR count). The first-order chi connectivity index (χ1) is 0. The number of rotatable bonds is 0. The maximum Gasteiger partial charge on any atom is 0 e. The van der Waals surface area contributed by atoms with Crippen LogP contribution in [0.15, 0.2) is 0 Å². The Kier molecular flexibility index (Phi) is 422. The molecule has 0 unspecified atom stereocenters. The van der Waals surface area contributed by atoms with Crippen LogP contribution in [0.3, 0.4) is 0 Å². The molecule has 0 heterocycles. The standard InChI is InChI=1S/CH4.Cr.Fe.Si/h1H4;;;. The fraction of sp³-hybridized carbons (Fsp3) is 1.00. The van der Waals surface area contributed by atoms with Crippen LogP contribution in [0.25, 0.3) is 0 Å². The van der Waals surface area contributed by atoms with Gasteiger partial charge in [-0.3, -0.25) is 0 Å². The minimum Gasteiger partial charge on any atom is -0.0776 e. The van der Waals surface area contributed by atoms with Gasteiger partial charge in [-0.1, -0.05) is 7.43 Å². The molecule has 0 fully saturated rings. The van der Waals surface area contributed by atoms with E-state index in [0.29, 0.717) is 0 Å². The second-order valence-electron chi connectivity index (χ2n) is 0. The van der Waals surface area contributed by atoms with Crippen molar-refractivity contribution in [1.29, 1.82) is 0 Å². The third-order valence-corrected chi connectivity index (χ3v) is 0. The molecule has 0 aliphatic rings. The van der Waals surface area contributed by atoms with Gasteiger partial charge in [0.15, 0.2) is 0 Å². The molecule has 4 heavy (non-hydrogen) atoms. The van der Waals surface area contributed by atoms with Crippen LogP contribution in [0.4, 0.5) is 0 Å². The fourth-order valence-corrected chi connectivity index (χ4v) is 0. The van der Waals surface area contributed by atoms with Crippen LogP contribution in [-0.2, 0) is 34.4 Å². The zero-order chi connectivity index (χ0) is 0. The molecule has 26 valence electrons. The predicted molar refractivity (Wildman–Crippen MR) is 12.5 cm³/mol. The van der Waals surface area contributed by atoms with Gasteiger partial charge in [-0.15, -0.1) is 0 Å². The minimum atomic E-state index is 0. The van der Waals surface area contributed by atoms with Gasteiger partial charge in [-0.05, 0) is 0 Å². The molecule has 0 aliphatic heterocycles. The van der Waals surface area contributed by atoms with E-state index in [1.165, 1.54) is 0 Å². The summed E-state index contributed by atoms with van der Waals surface area (Å²) in [6.45, 7) is 0. The summed E-state index contributed by atoms with van der Waals surface area (Å²) in [5, 5.41) is 0. The molecule has 0 atom stereocenters. The Hall–Kier alpha value is 1.27. The monoisotopic (exact) mass is 152 g/mol. The molecule has 0 aromatic heterocycles. The van der Waals surface area contributed by atoms with Gasteiger partial charge in [-0.2, -0.15) is 0 Å². The first kappa shape index (κ1) is 59.6. The van der Waals surface area contributed by atoms with E-state index in [9.17, 15) is 0 Å². The molecule has 0 spiro atoms. The van der Waals surface area contributed by atoms with E-state index in [2.05, 4.69) is 0 Å². The molecule has 0 aromatic carbocycles. The zero-order valence-electron chi connectivity index (χ0n) is 1.26. The molecule has 3 heteroatoms. The average Bonchev–Trinajstić information content (AvgIpc) is 0. The Morgan fingerprint density at radius 1 is 1.00 bits per heavy atom. The van der Waals surface area contributed by atoms with E-state index in [1.54, 1.807) is 0 Å². The topological polar surface area (TPSA) is 0 Å². The van der Waals surface area contributed by atoms with E-state index in [1.807, 2.05) is 0 Å². The summed E-state index contributed by atoms with van der Waals surface area (Å²) in [5.74, 6) is 0. The van der Waals surface area contributed by atoms with Crippen LogP contribution in [-0.4, -0.2) is 11.0 Å². The third kappa shape index (κ3) is 10.5. The van der Waals surface area contributed by atoms with Crippen LogP contribution in [0, 0.1) is 0 Å². The predicted octanol–water partition coefficient (Wildman–Crippen LogP) is 0.250. The Bertz CT molecular complexity index is 8.00. The zero-order valence-corrected chi connectivity index (χ0v) is 4.64. The van der Waals surface area contributed by atoms with Crippen molar-refractivity contribution in [2.24, 2.45) is 0 Å². The van der Waals surface area contributed by atoms with Crippen molar-refractivity contribution in [3.63, 3.8) is 0 Å². The summed E-state index contributed by atoms with van der Waals surface area (Å²) in [7, 11) is 0. The van der Waals surface area contributed by atoms with Crippen LogP contribution in [0.5, 0.6) is 0 Å². The van der Waals surface area contributed by atoms with Crippen LogP contribution >= 0.6 is 0 Å². The summed E-state index contributed by atoms with van der Waals surface area (Å²) < 4.78 is 0. The SMILES string of the molecule is C.[Cr].[Fe].[Si]. The van der Waals surface area contributed by atoms with Crippen molar-refractivity contribution in [2.75, 3.05) is 0 Å². The Morgan fingerprint density at radius 2 is 1.00 bits per heavy atom. The van der Waals surface area contributed by atoms with E-state index >= 15 is 0 Å². The molecule has 0 N–H and O–H groups in total. The van der Waals surface area contributed by atoms with Gasteiger partial charge in [0, 0.05) is 45.4 Å². The quantitative estimate of drug-likeness (QED) is 0.436. The number of hydrogen-bond donors (Lipinski definition) is 0. The normalized spacial score (nSPS) is 0. The minimum absolute atomic E-state index is 0. The molecule has 0 saturated carbocycles. The molecule has 0 nitrogen and oxygen atoms in total. The summed E-state index contributed by atoms with van der Waals surface area (Å²) in [6, 6.07) is 0. The fourth-order valence-electron chi connectivity index (χ4n) is 0. The first-order valence-electron chi connectivity index (χ1n) is 0. The van der Waals surface area contributed by atoms with Crippen LogP contribution in [0.2, 0.25) is 0 Å².